The molecule has 0 bridgehead atoms. The number of nitrogens with zero attached hydrogens (tertiary/aromatic N) is 1. The Labute approximate surface area is 77.0 Å². The van der Waals surface area contributed by atoms with E-state index in [0.717, 1.165) is 5.56 Å². The number of hydrogen-bond acceptors (Lipinski definition) is 3. The molecule has 3 nitrogen and oxygen atoms in total. The van der Waals surface area contributed by atoms with Gasteiger partial charge in [-0.25, -0.2) is 0 Å². The Morgan fingerprint density at radius 2 is 2.31 bits per heavy atom. The van der Waals surface area contributed by atoms with E-state index < -0.39 is 0 Å². The fourth-order valence-corrected chi connectivity index (χ4v) is 0.965. The largest absolute Gasteiger partial charge is 0.495 e. The van der Waals surface area contributed by atoms with E-state index in [0.29, 0.717) is 11.4 Å². The van der Waals surface area contributed by atoms with Crippen molar-refractivity contribution < 1.29 is 4.74 Å². The Morgan fingerprint density at radius 3 is 2.92 bits per heavy atom. The quantitative estimate of drug-likeness (QED) is 0.549. The molecule has 1 rings (SSSR count). The summed E-state index contributed by atoms with van der Waals surface area (Å²) in [7, 11) is 1.56. The van der Waals surface area contributed by atoms with Crippen LogP contribution in [0.3, 0.4) is 0 Å². The van der Waals surface area contributed by atoms with E-state index in [1.54, 1.807) is 25.3 Å². The number of ether oxygens (including phenoxy) is 1. The van der Waals surface area contributed by atoms with Gasteiger partial charge >= 0.3 is 0 Å². The first-order valence-corrected chi connectivity index (χ1v) is 3.77. The van der Waals surface area contributed by atoms with Crippen molar-refractivity contribution in [2.24, 2.45) is 0 Å². The van der Waals surface area contributed by atoms with Crippen LogP contribution in [0.15, 0.2) is 24.3 Å². The number of allylic oxidation sites excluding steroid dienone is 1. The third-order valence-electron chi connectivity index (χ3n) is 1.61. The maximum absolute atomic E-state index is 8.32. The Bertz CT molecular complexity index is 364. The van der Waals surface area contributed by atoms with Gasteiger partial charge in [0.15, 0.2) is 0 Å². The lowest BCUT2D eigenvalue weighted by atomic mass is 10.2. The van der Waals surface area contributed by atoms with Gasteiger partial charge in [-0.15, -0.1) is 0 Å². The highest BCUT2D eigenvalue weighted by Crippen LogP contribution is 2.22. The summed E-state index contributed by atoms with van der Waals surface area (Å²) < 4.78 is 5.02. The van der Waals surface area contributed by atoms with Crippen molar-refractivity contribution in [1.29, 1.82) is 5.26 Å². The van der Waals surface area contributed by atoms with Gasteiger partial charge in [-0.3, -0.25) is 0 Å². The van der Waals surface area contributed by atoms with E-state index >= 15 is 0 Å². The van der Waals surface area contributed by atoms with Gasteiger partial charge in [0.2, 0.25) is 0 Å². The Hall–Kier alpha value is -1.95. The molecule has 0 saturated carbocycles. The second-order valence-corrected chi connectivity index (χ2v) is 2.46. The Kier molecular flexibility index (Phi) is 2.93. The predicted octanol–water partition coefficient (Wildman–Crippen LogP) is 1.81. The van der Waals surface area contributed by atoms with Crippen molar-refractivity contribution >= 4 is 11.8 Å². The second kappa shape index (κ2) is 4.17. The summed E-state index contributed by atoms with van der Waals surface area (Å²) in [5.41, 5.74) is 7.10. The van der Waals surface area contributed by atoms with E-state index in [-0.39, 0.29) is 0 Å². The Balaban J connectivity index is 3.01. The summed E-state index contributed by atoms with van der Waals surface area (Å²) in [4.78, 5) is 0. The van der Waals surface area contributed by atoms with Crippen LogP contribution in [0, 0.1) is 11.3 Å². The molecular formula is C10H10N2O. The number of hydrogen-bond donors (Lipinski definition) is 1. The minimum Gasteiger partial charge on any atom is -0.495 e. The molecule has 2 N–H and O–H groups in total. The molecule has 0 saturated heterocycles. The summed E-state index contributed by atoms with van der Waals surface area (Å²) >= 11 is 0. The highest BCUT2D eigenvalue weighted by Gasteiger charge is 1.97. The van der Waals surface area contributed by atoms with Gasteiger partial charge in [0.25, 0.3) is 0 Å². The minimum atomic E-state index is 0.594. The zero-order chi connectivity index (χ0) is 9.68. The number of nitriles is 1. The molecule has 1 aromatic carbocycles. The molecular weight excluding hydrogens is 164 g/mol. The van der Waals surface area contributed by atoms with Gasteiger partial charge in [-0.2, -0.15) is 5.26 Å². The number of rotatable bonds is 2. The molecule has 0 aliphatic carbocycles. The van der Waals surface area contributed by atoms with Gasteiger partial charge in [0.05, 0.1) is 18.9 Å². The van der Waals surface area contributed by atoms with Crippen LogP contribution in [0.1, 0.15) is 5.56 Å². The lowest BCUT2D eigenvalue weighted by Gasteiger charge is -2.04. The van der Waals surface area contributed by atoms with Crippen LogP contribution >= 0.6 is 0 Å². The topological polar surface area (TPSA) is 59.0 Å². The van der Waals surface area contributed by atoms with E-state index in [1.165, 1.54) is 6.08 Å². The number of benzene rings is 1. The zero-order valence-corrected chi connectivity index (χ0v) is 7.32. The molecule has 13 heavy (non-hydrogen) atoms. The molecule has 1 aromatic rings. The number of nitrogen functional groups attached to an aromatic ring is 1. The van der Waals surface area contributed by atoms with Crippen LogP contribution in [-0.4, -0.2) is 7.11 Å². The fraction of sp³-hybridized carbons (Fsp3) is 0.100. The molecule has 0 spiro atoms. The summed E-state index contributed by atoms with van der Waals surface area (Å²) in [5.74, 6) is 0.625. The summed E-state index contributed by atoms with van der Waals surface area (Å²) in [6.45, 7) is 0. The highest BCUT2D eigenvalue weighted by molar-refractivity contribution is 5.61. The van der Waals surface area contributed by atoms with Crippen molar-refractivity contribution in [2.75, 3.05) is 12.8 Å². The number of anilines is 1. The molecule has 0 heterocycles. The minimum absolute atomic E-state index is 0.594. The van der Waals surface area contributed by atoms with E-state index in [2.05, 4.69) is 0 Å². The molecule has 0 fully saturated rings. The normalized spacial score (nSPS) is 9.85. The first-order valence-electron chi connectivity index (χ1n) is 3.77. The van der Waals surface area contributed by atoms with Crippen molar-refractivity contribution in [1.82, 2.24) is 0 Å². The van der Waals surface area contributed by atoms with Crippen LogP contribution in [0.2, 0.25) is 0 Å². The fourth-order valence-electron chi connectivity index (χ4n) is 0.965. The summed E-state index contributed by atoms with van der Waals surface area (Å²) in [6.07, 6.45) is 3.10. The van der Waals surface area contributed by atoms with Crippen LogP contribution < -0.4 is 10.5 Å². The summed E-state index contributed by atoms with van der Waals surface area (Å²) in [6, 6.07) is 7.27. The molecule has 0 unspecified atom stereocenters. The molecule has 3 heteroatoms. The molecule has 0 atom stereocenters. The SMILES string of the molecule is COc1cc(C=CC#N)ccc1N. The van der Waals surface area contributed by atoms with Crippen molar-refractivity contribution in [2.45, 2.75) is 0 Å². The van der Waals surface area contributed by atoms with Gasteiger partial charge in [0, 0.05) is 6.08 Å². The molecule has 0 aliphatic heterocycles. The maximum atomic E-state index is 8.32. The lowest BCUT2D eigenvalue weighted by molar-refractivity contribution is 0.417. The zero-order valence-electron chi connectivity index (χ0n) is 7.32. The second-order valence-electron chi connectivity index (χ2n) is 2.46. The third-order valence-corrected chi connectivity index (χ3v) is 1.61. The monoisotopic (exact) mass is 174 g/mol. The lowest BCUT2D eigenvalue weighted by Crippen LogP contribution is -1.91. The maximum Gasteiger partial charge on any atom is 0.142 e. The molecule has 0 amide bonds. The van der Waals surface area contributed by atoms with E-state index in [9.17, 15) is 0 Å². The predicted molar refractivity (Wildman–Crippen MR) is 52.1 cm³/mol. The van der Waals surface area contributed by atoms with Crippen molar-refractivity contribution in [3.05, 3.63) is 29.8 Å². The average molecular weight is 174 g/mol. The van der Waals surface area contributed by atoms with Gasteiger partial charge in [-0.1, -0.05) is 6.07 Å². The van der Waals surface area contributed by atoms with Crippen LogP contribution in [0.4, 0.5) is 5.69 Å². The van der Waals surface area contributed by atoms with Crippen LogP contribution in [-0.2, 0) is 0 Å². The molecule has 0 aromatic heterocycles. The first-order chi connectivity index (χ1) is 6.27. The molecule has 0 aliphatic rings. The van der Waals surface area contributed by atoms with Gasteiger partial charge in [0.1, 0.15) is 5.75 Å². The third kappa shape index (κ3) is 2.24. The average Bonchev–Trinajstić information content (AvgIpc) is 2.16. The molecule has 0 radical (unpaired) electrons. The number of nitrogens with two attached hydrogens (primary N) is 1. The standard InChI is InChI=1S/C10H10N2O/c1-13-10-7-8(3-2-6-11)4-5-9(10)12/h2-5,7H,12H2,1H3. The first kappa shape index (κ1) is 9.14. The number of methoxy groups -OCH3 is 1. The van der Waals surface area contributed by atoms with E-state index in [1.807, 2.05) is 12.1 Å². The van der Waals surface area contributed by atoms with Crippen LogP contribution in [0.5, 0.6) is 5.75 Å². The Morgan fingerprint density at radius 1 is 1.54 bits per heavy atom. The summed E-state index contributed by atoms with van der Waals surface area (Å²) in [5, 5.41) is 8.32. The van der Waals surface area contributed by atoms with Gasteiger partial charge < -0.3 is 10.5 Å². The van der Waals surface area contributed by atoms with E-state index in [4.69, 9.17) is 15.7 Å². The molecule has 66 valence electrons. The van der Waals surface area contributed by atoms with Gasteiger partial charge in [-0.05, 0) is 23.8 Å². The van der Waals surface area contributed by atoms with Crippen molar-refractivity contribution in [3.8, 4) is 11.8 Å². The van der Waals surface area contributed by atoms with Crippen LogP contribution in [0.25, 0.3) is 6.08 Å². The highest BCUT2D eigenvalue weighted by atomic mass is 16.5. The van der Waals surface area contributed by atoms with Crippen molar-refractivity contribution in [3.63, 3.8) is 0 Å². The smallest absolute Gasteiger partial charge is 0.142 e.